The van der Waals surface area contributed by atoms with E-state index >= 15 is 0 Å². The molecule has 2 aliphatic heterocycles. The van der Waals surface area contributed by atoms with Gasteiger partial charge in [-0.25, -0.2) is 0 Å². The first-order chi connectivity index (χ1) is 15.3. The molecule has 0 radical (unpaired) electrons. The zero-order valence-electron chi connectivity index (χ0n) is 19.8. The summed E-state index contributed by atoms with van der Waals surface area (Å²) in [6.45, 7) is 14.7. The van der Waals surface area contributed by atoms with E-state index in [1.807, 2.05) is 12.1 Å². The molecule has 4 rings (SSSR count). The van der Waals surface area contributed by atoms with Crippen molar-refractivity contribution in [3.63, 3.8) is 0 Å². The van der Waals surface area contributed by atoms with Crippen LogP contribution in [0.4, 0.5) is 0 Å². The number of hydrogen-bond donors (Lipinski definition) is 1. The second kappa shape index (κ2) is 9.69. The van der Waals surface area contributed by atoms with Gasteiger partial charge in [-0.15, -0.1) is 0 Å². The minimum Gasteiger partial charge on any atom is -0.491 e. The Morgan fingerprint density at radius 3 is 2.44 bits per heavy atom. The lowest BCUT2D eigenvalue weighted by Gasteiger charge is -2.35. The predicted octanol–water partition coefficient (Wildman–Crippen LogP) is 3.58. The number of benzene rings is 2. The summed E-state index contributed by atoms with van der Waals surface area (Å²) in [6.07, 6.45) is -0.510. The number of ether oxygens (including phenoxy) is 3. The van der Waals surface area contributed by atoms with E-state index in [2.05, 4.69) is 61.8 Å². The van der Waals surface area contributed by atoms with E-state index in [1.54, 1.807) is 0 Å². The summed E-state index contributed by atoms with van der Waals surface area (Å²) in [5.74, 6) is 2.54. The van der Waals surface area contributed by atoms with Gasteiger partial charge in [-0.1, -0.05) is 44.5 Å². The number of piperazine rings is 1. The third-order valence-corrected chi connectivity index (χ3v) is 6.15. The van der Waals surface area contributed by atoms with E-state index in [9.17, 15) is 5.11 Å². The smallest absolute Gasteiger partial charge is 0.231 e. The van der Waals surface area contributed by atoms with Crippen molar-refractivity contribution in [2.24, 2.45) is 0 Å². The number of aryl methyl sites for hydroxylation is 1. The molecule has 0 aliphatic carbocycles. The maximum atomic E-state index is 10.6. The second-order valence-electron chi connectivity index (χ2n) is 9.98. The molecule has 2 aromatic carbocycles. The molecule has 0 spiro atoms. The number of nitrogens with zero attached hydrogens (tertiary/aromatic N) is 2. The van der Waals surface area contributed by atoms with Crippen LogP contribution >= 0.6 is 0 Å². The van der Waals surface area contributed by atoms with Gasteiger partial charge >= 0.3 is 0 Å². The van der Waals surface area contributed by atoms with Gasteiger partial charge in [0.1, 0.15) is 18.5 Å². The number of β-amino-alcohol motifs (C(OH)–C–C–N with tert-alkyl or cyclic N) is 1. The third-order valence-electron chi connectivity index (χ3n) is 6.15. The Kier molecular flexibility index (Phi) is 6.93. The van der Waals surface area contributed by atoms with Crippen LogP contribution in [0.1, 0.15) is 37.5 Å². The molecular weight excluding hydrogens is 404 g/mol. The first-order valence-corrected chi connectivity index (χ1v) is 11.5. The van der Waals surface area contributed by atoms with Crippen molar-refractivity contribution < 1.29 is 19.3 Å². The quantitative estimate of drug-likeness (QED) is 0.710. The average Bonchev–Trinajstić information content (AvgIpc) is 3.21. The van der Waals surface area contributed by atoms with E-state index < -0.39 is 6.10 Å². The molecule has 0 bridgehead atoms. The molecule has 2 aliphatic rings. The van der Waals surface area contributed by atoms with Gasteiger partial charge in [-0.2, -0.15) is 0 Å². The van der Waals surface area contributed by atoms with Crippen molar-refractivity contribution in [2.75, 3.05) is 46.1 Å². The highest BCUT2D eigenvalue weighted by molar-refractivity contribution is 5.44. The van der Waals surface area contributed by atoms with Crippen LogP contribution in [0, 0.1) is 6.92 Å². The van der Waals surface area contributed by atoms with Gasteiger partial charge in [0.05, 0.1) is 0 Å². The fourth-order valence-electron chi connectivity index (χ4n) is 4.32. The Balaban J connectivity index is 1.22. The Morgan fingerprint density at radius 1 is 0.969 bits per heavy atom. The van der Waals surface area contributed by atoms with Crippen LogP contribution in [-0.2, 0) is 12.0 Å². The summed E-state index contributed by atoms with van der Waals surface area (Å²) < 4.78 is 16.9. The molecular formula is C26H36N2O4. The fraction of sp³-hybridized carbons (Fsp3) is 0.538. The molecule has 174 valence electrons. The van der Waals surface area contributed by atoms with Crippen LogP contribution in [-0.4, -0.2) is 67.1 Å². The van der Waals surface area contributed by atoms with Crippen molar-refractivity contribution in [3.05, 3.63) is 53.1 Å². The van der Waals surface area contributed by atoms with Crippen molar-refractivity contribution in [1.82, 2.24) is 9.80 Å². The van der Waals surface area contributed by atoms with Crippen LogP contribution < -0.4 is 14.2 Å². The van der Waals surface area contributed by atoms with E-state index in [4.69, 9.17) is 14.2 Å². The van der Waals surface area contributed by atoms with Crippen LogP contribution in [0.15, 0.2) is 36.4 Å². The first-order valence-electron chi connectivity index (χ1n) is 11.5. The van der Waals surface area contributed by atoms with E-state index in [1.165, 1.54) is 16.7 Å². The predicted molar refractivity (Wildman–Crippen MR) is 126 cm³/mol. The Morgan fingerprint density at radius 2 is 1.69 bits per heavy atom. The average molecular weight is 441 g/mol. The maximum absolute atomic E-state index is 10.6. The standard InChI is InChI=1S/C26H36N2O4/c1-19-5-7-23(22(13-19)26(2,3)4)30-17-21(29)16-28-11-9-27(10-12-28)15-20-6-8-24-25(14-20)32-18-31-24/h5-8,13-14,21,29H,9-12,15-18H2,1-4H3. The number of fused-ring (bicyclic) bond motifs is 1. The van der Waals surface area contributed by atoms with Gasteiger partial charge in [0.15, 0.2) is 11.5 Å². The summed E-state index contributed by atoms with van der Waals surface area (Å²) in [5, 5.41) is 10.6. The lowest BCUT2D eigenvalue weighted by atomic mass is 9.85. The largest absolute Gasteiger partial charge is 0.491 e. The molecule has 2 aromatic rings. The zero-order chi connectivity index (χ0) is 22.7. The van der Waals surface area contributed by atoms with Gasteiger partial charge in [0.25, 0.3) is 0 Å². The molecule has 6 heteroatoms. The molecule has 1 saturated heterocycles. The van der Waals surface area contributed by atoms with Crippen LogP contribution in [0.5, 0.6) is 17.2 Å². The third kappa shape index (κ3) is 5.74. The normalized spacial score (nSPS) is 18.0. The van der Waals surface area contributed by atoms with Crippen molar-refractivity contribution in [2.45, 2.75) is 45.8 Å². The molecule has 0 aromatic heterocycles. The summed E-state index contributed by atoms with van der Waals surface area (Å²) >= 11 is 0. The van der Waals surface area contributed by atoms with Crippen molar-refractivity contribution in [1.29, 1.82) is 0 Å². The monoisotopic (exact) mass is 440 g/mol. The van der Waals surface area contributed by atoms with E-state index in [0.29, 0.717) is 19.9 Å². The first kappa shape index (κ1) is 22.9. The molecule has 1 N–H and O–H groups in total. The summed E-state index contributed by atoms with van der Waals surface area (Å²) in [6, 6.07) is 12.4. The lowest BCUT2D eigenvalue weighted by molar-refractivity contribution is 0.0442. The lowest BCUT2D eigenvalue weighted by Crippen LogP contribution is -2.48. The molecule has 2 heterocycles. The molecule has 0 amide bonds. The SMILES string of the molecule is Cc1ccc(OCC(O)CN2CCN(Cc3ccc4c(c3)OCO4)CC2)c(C(C)(C)C)c1. The van der Waals surface area contributed by atoms with Crippen LogP contribution in [0.3, 0.4) is 0 Å². The number of aliphatic hydroxyl groups excluding tert-OH is 1. The number of rotatable bonds is 7. The topological polar surface area (TPSA) is 54.4 Å². The number of hydrogen-bond acceptors (Lipinski definition) is 6. The van der Waals surface area contributed by atoms with Gasteiger partial charge in [-0.05, 0) is 41.7 Å². The molecule has 6 nitrogen and oxygen atoms in total. The van der Waals surface area contributed by atoms with Crippen molar-refractivity contribution in [3.8, 4) is 17.2 Å². The van der Waals surface area contributed by atoms with Crippen LogP contribution in [0.2, 0.25) is 0 Å². The highest BCUT2D eigenvalue weighted by atomic mass is 16.7. The highest BCUT2D eigenvalue weighted by Crippen LogP contribution is 2.33. The molecule has 1 unspecified atom stereocenters. The van der Waals surface area contributed by atoms with Gasteiger partial charge in [0, 0.05) is 39.3 Å². The summed E-state index contributed by atoms with van der Waals surface area (Å²) in [5.41, 5.74) is 3.65. The summed E-state index contributed by atoms with van der Waals surface area (Å²) in [4.78, 5) is 4.77. The summed E-state index contributed by atoms with van der Waals surface area (Å²) in [7, 11) is 0. The molecule has 32 heavy (non-hydrogen) atoms. The minimum atomic E-state index is -0.510. The Labute approximate surface area is 191 Å². The molecule has 1 fully saturated rings. The maximum Gasteiger partial charge on any atom is 0.231 e. The van der Waals surface area contributed by atoms with E-state index in [0.717, 1.165) is 50.0 Å². The van der Waals surface area contributed by atoms with E-state index in [-0.39, 0.29) is 5.41 Å². The molecule has 1 atom stereocenters. The molecule has 0 saturated carbocycles. The Bertz CT molecular complexity index is 917. The minimum absolute atomic E-state index is 0.000609. The fourth-order valence-corrected chi connectivity index (χ4v) is 4.32. The number of aliphatic hydroxyl groups is 1. The van der Waals surface area contributed by atoms with Gasteiger partial charge < -0.3 is 19.3 Å². The second-order valence-corrected chi connectivity index (χ2v) is 9.98. The van der Waals surface area contributed by atoms with Gasteiger partial charge in [0.2, 0.25) is 6.79 Å². The van der Waals surface area contributed by atoms with Crippen LogP contribution in [0.25, 0.3) is 0 Å². The highest BCUT2D eigenvalue weighted by Gasteiger charge is 2.23. The van der Waals surface area contributed by atoms with Gasteiger partial charge in [-0.3, -0.25) is 9.80 Å². The zero-order valence-corrected chi connectivity index (χ0v) is 19.8. The Hall–Kier alpha value is -2.28. The van der Waals surface area contributed by atoms with Crippen molar-refractivity contribution >= 4 is 0 Å².